The van der Waals surface area contributed by atoms with Crippen LogP contribution in [0.3, 0.4) is 0 Å². The Morgan fingerprint density at radius 3 is 2.07 bits per heavy atom. The topological polar surface area (TPSA) is 90.0 Å². The van der Waals surface area contributed by atoms with Crippen molar-refractivity contribution in [2.45, 2.75) is 71.1 Å². The van der Waals surface area contributed by atoms with Crippen LogP contribution in [-0.4, -0.2) is 16.5 Å². The average molecular weight is 413 g/mol. The third-order valence-electron chi connectivity index (χ3n) is 4.81. The predicted octanol–water partition coefficient (Wildman–Crippen LogP) is 7.70. The number of aromatic nitrogens is 1. The van der Waals surface area contributed by atoms with Gasteiger partial charge in [-0.1, -0.05) is 64.7 Å². The Hall–Kier alpha value is -2.83. The Balaban J connectivity index is 1.59. The molecule has 0 spiro atoms. The van der Waals surface area contributed by atoms with Crippen LogP contribution in [0.5, 0.6) is 5.75 Å². The van der Waals surface area contributed by atoms with Gasteiger partial charge in [0.25, 0.3) is 5.69 Å². The van der Waals surface area contributed by atoms with Crippen LogP contribution in [0.1, 0.15) is 71.1 Å². The van der Waals surface area contributed by atoms with E-state index in [4.69, 9.17) is 4.74 Å². The van der Waals surface area contributed by atoms with Crippen LogP contribution >= 0.6 is 0 Å². The predicted molar refractivity (Wildman–Crippen MR) is 119 cm³/mol. The standard InChI is InChI=1S/C23H32N4O3/c1-2-3-4-5-6-7-8-9-10-11-18-30-22-15-12-20(13-16-22)25-26-23-17-14-21(19-24-23)27(28)29/h12-17,19H,2-11,18H2,1H3. The minimum Gasteiger partial charge on any atom is -0.494 e. The molecule has 2 rings (SSSR count). The van der Waals surface area contributed by atoms with Crippen molar-refractivity contribution < 1.29 is 9.66 Å². The van der Waals surface area contributed by atoms with E-state index < -0.39 is 4.92 Å². The second-order valence-corrected chi connectivity index (χ2v) is 7.36. The molecule has 0 saturated heterocycles. The summed E-state index contributed by atoms with van der Waals surface area (Å²) < 4.78 is 5.78. The molecule has 0 atom stereocenters. The largest absolute Gasteiger partial charge is 0.494 e. The summed E-state index contributed by atoms with van der Waals surface area (Å²) in [5.74, 6) is 1.14. The molecule has 0 aliphatic rings. The first kappa shape index (κ1) is 23.4. The molecule has 0 aliphatic carbocycles. The first-order valence-corrected chi connectivity index (χ1v) is 10.9. The van der Waals surface area contributed by atoms with Gasteiger partial charge >= 0.3 is 0 Å². The minimum absolute atomic E-state index is 0.0714. The number of hydrogen-bond donors (Lipinski definition) is 0. The molecule has 0 N–H and O–H groups in total. The Morgan fingerprint density at radius 1 is 0.867 bits per heavy atom. The zero-order valence-corrected chi connectivity index (χ0v) is 17.8. The summed E-state index contributed by atoms with van der Waals surface area (Å²) in [6.07, 6.45) is 14.3. The molecule has 2 aromatic rings. The van der Waals surface area contributed by atoms with Crippen LogP contribution in [-0.2, 0) is 0 Å². The lowest BCUT2D eigenvalue weighted by atomic mass is 10.1. The Morgan fingerprint density at radius 2 is 1.50 bits per heavy atom. The van der Waals surface area contributed by atoms with E-state index in [0.29, 0.717) is 11.5 Å². The molecule has 0 fully saturated rings. The molecule has 0 unspecified atom stereocenters. The molecule has 30 heavy (non-hydrogen) atoms. The first-order valence-electron chi connectivity index (χ1n) is 10.9. The SMILES string of the molecule is CCCCCCCCCCCCOc1ccc(N=Nc2ccc([N+](=O)[O-])cn2)cc1. The van der Waals surface area contributed by atoms with Gasteiger partial charge in [0.1, 0.15) is 11.9 Å². The van der Waals surface area contributed by atoms with Crippen molar-refractivity contribution in [1.29, 1.82) is 0 Å². The smallest absolute Gasteiger partial charge is 0.287 e. The Bertz CT molecular complexity index is 761. The fraction of sp³-hybridized carbons (Fsp3) is 0.522. The van der Waals surface area contributed by atoms with Crippen molar-refractivity contribution in [3.63, 3.8) is 0 Å². The van der Waals surface area contributed by atoms with E-state index in [9.17, 15) is 10.1 Å². The van der Waals surface area contributed by atoms with Crippen LogP contribution in [0.25, 0.3) is 0 Å². The summed E-state index contributed by atoms with van der Waals surface area (Å²) >= 11 is 0. The molecule has 162 valence electrons. The van der Waals surface area contributed by atoms with Crippen molar-refractivity contribution in [2.75, 3.05) is 6.61 Å². The van der Waals surface area contributed by atoms with Gasteiger partial charge in [-0.15, -0.1) is 10.2 Å². The number of nitro groups is 1. The van der Waals surface area contributed by atoms with Crippen LogP contribution in [0.15, 0.2) is 52.8 Å². The van der Waals surface area contributed by atoms with Crippen LogP contribution in [0, 0.1) is 10.1 Å². The third-order valence-corrected chi connectivity index (χ3v) is 4.81. The van der Waals surface area contributed by atoms with Gasteiger partial charge in [0.2, 0.25) is 0 Å². The quantitative estimate of drug-likeness (QED) is 0.130. The first-order chi connectivity index (χ1) is 14.7. The molecule has 0 radical (unpaired) electrons. The van der Waals surface area contributed by atoms with Crippen LogP contribution in [0.2, 0.25) is 0 Å². The lowest BCUT2D eigenvalue weighted by Gasteiger charge is -2.06. The van der Waals surface area contributed by atoms with Crippen LogP contribution in [0.4, 0.5) is 17.2 Å². The number of azo groups is 1. The molecule has 1 aromatic heterocycles. The maximum atomic E-state index is 10.6. The summed E-state index contributed by atoms with van der Waals surface area (Å²) in [5.41, 5.74) is 0.597. The van der Waals surface area contributed by atoms with Crippen molar-refractivity contribution in [3.8, 4) is 5.75 Å². The number of benzene rings is 1. The van der Waals surface area contributed by atoms with E-state index in [1.165, 1.54) is 76.1 Å². The number of rotatable bonds is 15. The van der Waals surface area contributed by atoms with E-state index in [0.717, 1.165) is 18.8 Å². The molecular weight excluding hydrogens is 380 g/mol. The van der Waals surface area contributed by atoms with Gasteiger partial charge in [0.05, 0.1) is 17.2 Å². The van der Waals surface area contributed by atoms with E-state index in [1.807, 2.05) is 24.3 Å². The molecule has 0 amide bonds. The van der Waals surface area contributed by atoms with Gasteiger partial charge in [-0.05, 0) is 36.8 Å². The van der Waals surface area contributed by atoms with Gasteiger partial charge in [-0.25, -0.2) is 4.98 Å². The van der Waals surface area contributed by atoms with Crippen molar-refractivity contribution in [2.24, 2.45) is 10.2 Å². The third kappa shape index (κ3) is 9.58. The van der Waals surface area contributed by atoms with E-state index in [1.54, 1.807) is 0 Å². The summed E-state index contributed by atoms with van der Waals surface area (Å²) in [6.45, 7) is 2.98. The maximum Gasteiger partial charge on any atom is 0.287 e. The van der Waals surface area contributed by atoms with Crippen molar-refractivity contribution in [1.82, 2.24) is 4.98 Å². The average Bonchev–Trinajstić information content (AvgIpc) is 2.77. The van der Waals surface area contributed by atoms with E-state index in [2.05, 4.69) is 22.1 Å². The van der Waals surface area contributed by atoms with Gasteiger partial charge in [0, 0.05) is 6.07 Å². The van der Waals surface area contributed by atoms with E-state index in [-0.39, 0.29) is 5.69 Å². The molecule has 7 heteroatoms. The normalized spacial score (nSPS) is 11.1. The molecule has 0 saturated carbocycles. The highest BCUT2D eigenvalue weighted by molar-refractivity contribution is 5.42. The number of pyridine rings is 1. The second-order valence-electron chi connectivity index (χ2n) is 7.36. The molecular formula is C23H32N4O3. The van der Waals surface area contributed by atoms with Gasteiger partial charge < -0.3 is 4.74 Å². The molecule has 1 heterocycles. The Labute approximate surface area is 178 Å². The highest BCUT2D eigenvalue weighted by Crippen LogP contribution is 2.21. The molecule has 7 nitrogen and oxygen atoms in total. The monoisotopic (exact) mass is 412 g/mol. The highest BCUT2D eigenvalue weighted by atomic mass is 16.6. The van der Waals surface area contributed by atoms with E-state index >= 15 is 0 Å². The fourth-order valence-corrected chi connectivity index (χ4v) is 3.04. The van der Waals surface area contributed by atoms with Gasteiger partial charge in [-0.2, -0.15) is 0 Å². The summed E-state index contributed by atoms with van der Waals surface area (Å²) in [6, 6.07) is 10.2. The summed E-state index contributed by atoms with van der Waals surface area (Å²) in [7, 11) is 0. The van der Waals surface area contributed by atoms with Crippen LogP contribution < -0.4 is 4.74 Å². The minimum atomic E-state index is -0.498. The summed E-state index contributed by atoms with van der Waals surface area (Å²) in [5, 5.41) is 18.7. The highest BCUT2D eigenvalue weighted by Gasteiger charge is 2.04. The van der Waals surface area contributed by atoms with Crippen molar-refractivity contribution in [3.05, 3.63) is 52.7 Å². The number of hydrogen-bond acceptors (Lipinski definition) is 6. The lowest BCUT2D eigenvalue weighted by Crippen LogP contribution is -1.96. The van der Waals surface area contributed by atoms with Gasteiger partial charge in [0.15, 0.2) is 5.82 Å². The lowest BCUT2D eigenvalue weighted by molar-refractivity contribution is -0.385. The number of ether oxygens (including phenoxy) is 1. The number of nitrogens with zero attached hydrogens (tertiary/aromatic N) is 4. The molecule has 0 aliphatic heterocycles. The zero-order valence-electron chi connectivity index (χ0n) is 17.8. The van der Waals surface area contributed by atoms with Gasteiger partial charge in [-0.3, -0.25) is 10.1 Å². The molecule has 0 bridgehead atoms. The zero-order chi connectivity index (χ0) is 21.4. The number of unbranched alkanes of at least 4 members (excludes halogenated alkanes) is 9. The fourth-order valence-electron chi connectivity index (χ4n) is 3.04. The Kier molecular flexibility index (Phi) is 11.1. The second kappa shape index (κ2) is 14.2. The van der Waals surface area contributed by atoms with Crippen molar-refractivity contribution >= 4 is 17.2 Å². The maximum absolute atomic E-state index is 10.6. The molecule has 1 aromatic carbocycles. The summed E-state index contributed by atoms with van der Waals surface area (Å²) in [4.78, 5) is 14.0.